The molecule has 6 heteroatoms. The van der Waals surface area contributed by atoms with Crippen molar-refractivity contribution < 1.29 is 9.15 Å². The molecule has 0 bridgehead atoms. The van der Waals surface area contributed by atoms with Gasteiger partial charge in [0.05, 0.1) is 6.26 Å². The molecular formula is C19H20N4O2. The number of benzene rings is 1. The average molecular weight is 336 g/mol. The quantitative estimate of drug-likeness (QED) is 0.728. The highest BCUT2D eigenvalue weighted by Gasteiger charge is 2.22. The fourth-order valence-electron chi connectivity index (χ4n) is 2.94. The number of ether oxygens (including phenoxy) is 1. The molecule has 0 radical (unpaired) electrons. The first-order valence-electron chi connectivity index (χ1n) is 8.49. The Balaban J connectivity index is 1.68. The van der Waals surface area contributed by atoms with Gasteiger partial charge in [0.1, 0.15) is 6.10 Å². The molecule has 1 aromatic carbocycles. The molecule has 0 spiro atoms. The molecule has 128 valence electrons. The first-order valence-corrected chi connectivity index (χ1v) is 8.49. The van der Waals surface area contributed by atoms with Gasteiger partial charge in [0.25, 0.3) is 0 Å². The van der Waals surface area contributed by atoms with Crippen LogP contribution in [0.4, 0.5) is 0 Å². The van der Waals surface area contributed by atoms with Crippen LogP contribution in [0.2, 0.25) is 0 Å². The average Bonchev–Trinajstić information content (AvgIpc) is 3.19. The third-order valence-electron chi connectivity index (χ3n) is 4.39. The molecule has 0 saturated carbocycles. The van der Waals surface area contributed by atoms with E-state index in [4.69, 9.17) is 9.15 Å². The molecule has 6 nitrogen and oxygen atoms in total. The predicted molar refractivity (Wildman–Crippen MR) is 94.1 cm³/mol. The maximum absolute atomic E-state index is 6.25. The molecule has 0 amide bonds. The summed E-state index contributed by atoms with van der Waals surface area (Å²) in [5, 5.41) is 8.60. The summed E-state index contributed by atoms with van der Waals surface area (Å²) in [5.74, 6) is 1.54. The molecule has 2 aromatic heterocycles. The maximum atomic E-state index is 6.25. The van der Waals surface area contributed by atoms with E-state index in [1.807, 2.05) is 36.4 Å². The van der Waals surface area contributed by atoms with Crippen molar-refractivity contribution in [3.8, 4) is 28.7 Å². The Kier molecular flexibility index (Phi) is 4.43. The molecule has 4 rings (SSSR count). The van der Waals surface area contributed by atoms with Gasteiger partial charge in [-0.1, -0.05) is 30.3 Å². The molecule has 0 aliphatic carbocycles. The second-order valence-electron chi connectivity index (χ2n) is 6.25. The van der Waals surface area contributed by atoms with Crippen LogP contribution in [-0.2, 0) is 0 Å². The lowest BCUT2D eigenvalue weighted by Gasteiger charge is -2.29. The molecule has 3 aromatic rings. The van der Waals surface area contributed by atoms with Crippen LogP contribution in [0.1, 0.15) is 12.8 Å². The minimum Gasteiger partial charge on any atom is -0.473 e. The SMILES string of the molecule is CN1CCC(Oc2nc(-c3ccco3)nnc2-c2ccccc2)CC1. The predicted octanol–water partition coefficient (Wildman–Crippen LogP) is 3.27. The number of aromatic nitrogens is 3. The van der Waals surface area contributed by atoms with E-state index in [-0.39, 0.29) is 6.10 Å². The molecule has 3 heterocycles. The summed E-state index contributed by atoms with van der Waals surface area (Å²) in [4.78, 5) is 6.91. The van der Waals surface area contributed by atoms with Gasteiger partial charge in [-0.3, -0.25) is 0 Å². The third kappa shape index (κ3) is 3.53. The summed E-state index contributed by atoms with van der Waals surface area (Å²) in [7, 11) is 2.13. The van der Waals surface area contributed by atoms with E-state index in [0.717, 1.165) is 31.5 Å². The second-order valence-corrected chi connectivity index (χ2v) is 6.25. The van der Waals surface area contributed by atoms with Gasteiger partial charge >= 0.3 is 0 Å². The van der Waals surface area contributed by atoms with Crippen molar-refractivity contribution in [2.75, 3.05) is 20.1 Å². The highest BCUT2D eigenvalue weighted by Crippen LogP contribution is 2.29. The Morgan fingerprint density at radius 2 is 1.84 bits per heavy atom. The van der Waals surface area contributed by atoms with Gasteiger partial charge in [-0.15, -0.1) is 10.2 Å². The van der Waals surface area contributed by atoms with Crippen molar-refractivity contribution in [3.05, 3.63) is 48.7 Å². The Morgan fingerprint density at radius 1 is 1.04 bits per heavy atom. The van der Waals surface area contributed by atoms with Gasteiger partial charge in [-0.2, -0.15) is 4.98 Å². The highest BCUT2D eigenvalue weighted by molar-refractivity contribution is 5.64. The van der Waals surface area contributed by atoms with Gasteiger partial charge in [0.2, 0.25) is 11.7 Å². The van der Waals surface area contributed by atoms with Crippen LogP contribution < -0.4 is 4.74 Å². The van der Waals surface area contributed by atoms with Crippen molar-refractivity contribution in [3.63, 3.8) is 0 Å². The van der Waals surface area contributed by atoms with Gasteiger partial charge in [-0.05, 0) is 32.0 Å². The number of furan rings is 1. The normalized spacial score (nSPS) is 16.0. The first-order chi connectivity index (χ1) is 12.3. The van der Waals surface area contributed by atoms with Crippen LogP contribution in [-0.4, -0.2) is 46.3 Å². The fourth-order valence-corrected chi connectivity index (χ4v) is 2.94. The maximum Gasteiger partial charge on any atom is 0.245 e. The molecular weight excluding hydrogens is 316 g/mol. The van der Waals surface area contributed by atoms with E-state index in [0.29, 0.717) is 23.2 Å². The van der Waals surface area contributed by atoms with Gasteiger partial charge < -0.3 is 14.1 Å². The minimum atomic E-state index is 0.139. The van der Waals surface area contributed by atoms with E-state index in [9.17, 15) is 0 Å². The van der Waals surface area contributed by atoms with Crippen molar-refractivity contribution in [2.24, 2.45) is 0 Å². The lowest BCUT2D eigenvalue weighted by atomic mass is 10.1. The van der Waals surface area contributed by atoms with Crippen LogP contribution in [0, 0.1) is 0 Å². The zero-order valence-electron chi connectivity index (χ0n) is 14.1. The van der Waals surface area contributed by atoms with Crippen molar-refractivity contribution in [1.29, 1.82) is 0 Å². The molecule has 0 unspecified atom stereocenters. The van der Waals surface area contributed by atoms with Gasteiger partial charge in [0, 0.05) is 18.7 Å². The summed E-state index contributed by atoms with van der Waals surface area (Å²) in [6.45, 7) is 2.05. The topological polar surface area (TPSA) is 64.3 Å². The largest absolute Gasteiger partial charge is 0.473 e. The summed E-state index contributed by atoms with van der Waals surface area (Å²) in [6.07, 6.45) is 3.69. The van der Waals surface area contributed by atoms with Crippen molar-refractivity contribution in [1.82, 2.24) is 20.1 Å². The standard InChI is InChI=1S/C19H20N4O2/c1-23-11-9-15(10-12-23)25-19-17(14-6-3-2-4-7-14)21-22-18(20-19)16-8-5-13-24-16/h2-8,13,15H,9-12H2,1H3. The van der Waals surface area contributed by atoms with E-state index in [1.165, 1.54) is 0 Å². The highest BCUT2D eigenvalue weighted by atomic mass is 16.5. The zero-order chi connectivity index (χ0) is 17.1. The van der Waals surface area contributed by atoms with Crippen LogP contribution in [0.25, 0.3) is 22.8 Å². The number of hydrogen-bond acceptors (Lipinski definition) is 6. The smallest absolute Gasteiger partial charge is 0.245 e. The summed E-state index contributed by atoms with van der Waals surface area (Å²) in [6, 6.07) is 13.5. The number of hydrogen-bond donors (Lipinski definition) is 0. The summed E-state index contributed by atoms with van der Waals surface area (Å²) < 4.78 is 11.6. The first kappa shape index (κ1) is 15.8. The Bertz CT molecular complexity index is 813. The minimum absolute atomic E-state index is 0.139. The molecule has 1 saturated heterocycles. The second kappa shape index (κ2) is 7.03. The zero-order valence-corrected chi connectivity index (χ0v) is 14.1. The van der Waals surface area contributed by atoms with Crippen LogP contribution in [0.5, 0.6) is 5.88 Å². The van der Waals surface area contributed by atoms with Crippen molar-refractivity contribution >= 4 is 0 Å². The van der Waals surface area contributed by atoms with Crippen LogP contribution in [0.3, 0.4) is 0 Å². The molecule has 0 atom stereocenters. The summed E-state index contributed by atoms with van der Waals surface area (Å²) in [5.41, 5.74) is 1.60. The molecule has 1 aliphatic rings. The Labute approximate surface area is 146 Å². The van der Waals surface area contributed by atoms with E-state index >= 15 is 0 Å². The van der Waals surface area contributed by atoms with Crippen molar-refractivity contribution in [2.45, 2.75) is 18.9 Å². The summed E-state index contributed by atoms with van der Waals surface area (Å²) >= 11 is 0. The third-order valence-corrected chi connectivity index (χ3v) is 4.39. The molecule has 25 heavy (non-hydrogen) atoms. The molecule has 1 fully saturated rings. The van der Waals surface area contributed by atoms with E-state index in [2.05, 4.69) is 27.1 Å². The van der Waals surface area contributed by atoms with Gasteiger partial charge in [0.15, 0.2) is 11.5 Å². The monoisotopic (exact) mass is 336 g/mol. The Morgan fingerprint density at radius 3 is 2.56 bits per heavy atom. The van der Waals surface area contributed by atoms with Crippen LogP contribution in [0.15, 0.2) is 53.1 Å². The Hall–Kier alpha value is -2.73. The number of likely N-dealkylation sites (tertiary alicyclic amines) is 1. The molecule has 1 aliphatic heterocycles. The van der Waals surface area contributed by atoms with Gasteiger partial charge in [-0.25, -0.2) is 0 Å². The number of nitrogens with zero attached hydrogens (tertiary/aromatic N) is 4. The van der Waals surface area contributed by atoms with E-state index in [1.54, 1.807) is 12.3 Å². The fraction of sp³-hybridized carbons (Fsp3) is 0.316. The van der Waals surface area contributed by atoms with E-state index < -0.39 is 0 Å². The number of piperidine rings is 1. The molecule has 0 N–H and O–H groups in total. The lowest BCUT2D eigenvalue weighted by Crippen LogP contribution is -2.36. The number of rotatable bonds is 4. The lowest BCUT2D eigenvalue weighted by molar-refractivity contribution is 0.110. The van der Waals surface area contributed by atoms with Crippen LogP contribution >= 0.6 is 0 Å².